The van der Waals surface area contributed by atoms with E-state index in [9.17, 15) is 0 Å². The first kappa shape index (κ1) is 22.1. The molecule has 0 amide bonds. The van der Waals surface area contributed by atoms with Gasteiger partial charge in [0.15, 0.2) is 0 Å². The van der Waals surface area contributed by atoms with Crippen molar-refractivity contribution >= 4 is 21.5 Å². The van der Waals surface area contributed by atoms with Crippen LogP contribution in [-0.4, -0.2) is 9.97 Å². The van der Waals surface area contributed by atoms with Crippen LogP contribution in [0.15, 0.2) is 146 Å². The van der Waals surface area contributed by atoms with E-state index >= 15 is 0 Å². The number of aromatic nitrogens is 2. The minimum absolute atomic E-state index is 0.969. The Morgan fingerprint density at radius 1 is 0.368 bits per heavy atom. The fraction of sp³-hybridized carbons (Fsp3) is 0. The molecule has 0 spiro atoms. The topological polar surface area (TPSA) is 25.8 Å². The zero-order valence-electron chi connectivity index (χ0n) is 20.8. The minimum atomic E-state index is 0.969. The largest absolute Gasteiger partial charge is 0.265 e. The van der Waals surface area contributed by atoms with Gasteiger partial charge in [0.2, 0.25) is 0 Å². The van der Waals surface area contributed by atoms with Gasteiger partial charge in [0.1, 0.15) is 0 Å². The average molecular weight is 485 g/mol. The van der Waals surface area contributed by atoms with Crippen LogP contribution >= 0.6 is 0 Å². The lowest BCUT2D eigenvalue weighted by Gasteiger charge is -2.14. The number of rotatable bonds is 4. The summed E-state index contributed by atoms with van der Waals surface area (Å²) in [6.45, 7) is 0. The fourth-order valence-electron chi connectivity index (χ4n) is 5.29. The van der Waals surface area contributed by atoms with E-state index in [-0.39, 0.29) is 0 Å². The summed E-state index contributed by atoms with van der Waals surface area (Å²) in [4.78, 5) is 9.46. The van der Waals surface area contributed by atoms with Crippen molar-refractivity contribution in [3.8, 4) is 44.8 Å². The number of benzene rings is 5. The molecule has 2 heteroatoms. The molecule has 2 aromatic heterocycles. The maximum atomic E-state index is 5.27. The second-order valence-electron chi connectivity index (χ2n) is 9.50. The van der Waals surface area contributed by atoms with Gasteiger partial charge in [-0.25, -0.2) is 4.98 Å². The molecule has 7 aromatic rings. The molecule has 0 saturated heterocycles. The molecule has 0 fully saturated rings. The summed E-state index contributed by atoms with van der Waals surface area (Å²) in [5.41, 5.74) is 8.83. The summed E-state index contributed by atoms with van der Waals surface area (Å²) in [5, 5.41) is 4.83. The summed E-state index contributed by atoms with van der Waals surface area (Å²) in [7, 11) is 0. The fourth-order valence-corrected chi connectivity index (χ4v) is 5.29. The molecule has 0 aliphatic rings. The highest BCUT2D eigenvalue weighted by Crippen LogP contribution is 2.36. The van der Waals surface area contributed by atoms with Crippen LogP contribution in [-0.2, 0) is 0 Å². The van der Waals surface area contributed by atoms with Gasteiger partial charge >= 0.3 is 0 Å². The van der Waals surface area contributed by atoms with Crippen LogP contribution < -0.4 is 0 Å². The molecular weight excluding hydrogens is 460 g/mol. The second kappa shape index (κ2) is 9.42. The Bertz CT molecular complexity index is 1810. The van der Waals surface area contributed by atoms with Crippen molar-refractivity contribution in [1.29, 1.82) is 0 Å². The lowest BCUT2D eigenvalue weighted by atomic mass is 9.94. The van der Waals surface area contributed by atoms with Gasteiger partial charge in [0.05, 0.1) is 11.4 Å². The van der Waals surface area contributed by atoms with Crippen molar-refractivity contribution < 1.29 is 0 Å². The Hall–Kier alpha value is -5.08. The third kappa shape index (κ3) is 4.03. The van der Waals surface area contributed by atoms with E-state index < -0.39 is 0 Å². The smallest absolute Gasteiger partial charge is 0.0721 e. The van der Waals surface area contributed by atoms with Gasteiger partial charge in [0.25, 0.3) is 0 Å². The molecule has 0 aliphatic heterocycles. The van der Waals surface area contributed by atoms with Crippen molar-refractivity contribution in [3.05, 3.63) is 146 Å². The van der Waals surface area contributed by atoms with Gasteiger partial charge in [-0.2, -0.15) is 0 Å². The standard InChI is InChI=1S/C36H24N2/c1-3-14-31-26(8-1)10-6-16-33(31)35-23-30(29-13-5-12-28(22-29)25-18-20-37-21-19-25)24-36(38-35)34-17-7-11-27-9-2-4-15-32(27)34/h1-24H. The highest BCUT2D eigenvalue weighted by atomic mass is 14.7. The Kier molecular flexibility index (Phi) is 5.49. The van der Waals surface area contributed by atoms with Crippen LogP contribution in [0.4, 0.5) is 0 Å². The van der Waals surface area contributed by atoms with Gasteiger partial charge in [-0.05, 0) is 74.1 Å². The summed E-state index contributed by atoms with van der Waals surface area (Å²) < 4.78 is 0. The molecule has 178 valence electrons. The molecule has 0 saturated carbocycles. The van der Waals surface area contributed by atoms with Gasteiger partial charge < -0.3 is 0 Å². The van der Waals surface area contributed by atoms with Crippen LogP contribution in [0.5, 0.6) is 0 Å². The van der Waals surface area contributed by atoms with Gasteiger partial charge in [-0.1, -0.05) is 103 Å². The summed E-state index contributed by atoms with van der Waals surface area (Å²) >= 11 is 0. The van der Waals surface area contributed by atoms with Crippen molar-refractivity contribution in [3.63, 3.8) is 0 Å². The molecule has 2 nitrogen and oxygen atoms in total. The highest BCUT2D eigenvalue weighted by molar-refractivity contribution is 5.99. The van der Waals surface area contributed by atoms with Crippen molar-refractivity contribution in [2.75, 3.05) is 0 Å². The first-order valence-electron chi connectivity index (χ1n) is 12.8. The van der Waals surface area contributed by atoms with E-state index in [1.807, 2.05) is 12.4 Å². The first-order chi connectivity index (χ1) is 18.8. The van der Waals surface area contributed by atoms with E-state index in [0.29, 0.717) is 0 Å². The normalized spacial score (nSPS) is 11.2. The number of nitrogens with zero attached hydrogens (tertiary/aromatic N) is 2. The SMILES string of the molecule is c1cc(-c2ccncc2)cc(-c2cc(-c3cccc4ccccc34)nc(-c3cccc4ccccc34)c2)c1. The number of pyridine rings is 2. The second-order valence-corrected chi connectivity index (χ2v) is 9.50. The number of hydrogen-bond acceptors (Lipinski definition) is 2. The lowest BCUT2D eigenvalue weighted by Crippen LogP contribution is -1.93. The first-order valence-corrected chi connectivity index (χ1v) is 12.8. The minimum Gasteiger partial charge on any atom is -0.265 e. The molecule has 0 bridgehead atoms. The molecule has 2 heterocycles. The van der Waals surface area contributed by atoms with Crippen LogP contribution in [0.1, 0.15) is 0 Å². The molecular formula is C36H24N2. The molecule has 0 aliphatic carbocycles. The third-order valence-electron chi connectivity index (χ3n) is 7.17. The molecule has 0 unspecified atom stereocenters. The molecule has 0 atom stereocenters. The Morgan fingerprint density at radius 2 is 0.868 bits per heavy atom. The van der Waals surface area contributed by atoms with E-state index in [0.717, 1.165) is 39.2 Å². The number of hydrogen-bond donors (Lipinski definition) is 0. The van der Waals surface area contributed by atoms with Crippen LogP contribution in [0.25, 0.3) is 66.3 Å². The van der Waals surface area contributed by atoms with E-state index in [1.165, 1.54) is 27.1 Å². The van der Waals surface area contributed by atoms with Crippen LogP contribution in [0, 0.1) is 0 Å². The zero-order chi connectivity index (χ0) is 25.3. The highest BCUT2D eigenvalue weighted by Gasteiger charge is 2.13. The van der Waals surface area contributed by atoms with Crippen LogP contribution in [0.3, 0.4) is 0 Å². The number of fused-ring (bicyclic) bond motifs is 2. The van der Waals surface area contributed by atoms with Crippen molar-refractivity contribution in [2.24, 2.45) is 0 Å². The van der Waals surface area contributed by atoms with E-state index in [4.69, 9.17) is 4.98 Å². The van der Waals surface area contributed by atoms with Crippen LogP contribution in [0.2, 0.25) is 0 Å². The van der Waals surface area contributed by atoms with Gasteiger partial charge in [-0.15, -0.1) is 0 Å². The van der Waals surface area contributed by atoms with Gasteiger partial charge in [0, 0.05) is 23.5 Å². The molecule has 38 heavy (non-hydrogen) atoms. The molecule has 0 N–H and O–H groups in total. The molecule has 5 aromatic carbocycles. The van der Waals surface area contributed by atoms with Crippen molar-refractivity contribution in [2.45, 2.75) is 0 Å². The summed E-state index contributed by atoms with van der Waals surface area (Å²) in [6, 6.07) is 47.2. The Morgan fingerprint density at radius 3 is 1.47 bits per heavy atom. The average Bonchev–Trinajstić information content (AvgIpc) is 3.01. The monoisotopic (exact) mass is 484 g/mol. The van der Waals surface area contributed by atoms with Crippen molar-refractivity contribution in [1.82, 2.24) is 9.97 Å². The third-order valence-corrected chi connectivity index (χ3v) is 7.17. The quantitative estimate of drug-likeness (QED) is 0.249. The van der Waals surface area contributed by atoms with Gasteiger partial charge in [-0.3, -0.25) is 4.98 Å². The van der Waals surface area contributed by atoms with E-state index in [2.05, 4.69) is 138 Å². The predicted molar refractivity (Wildman–Crippen MR) is 159 cm³/mol. The summed E-state index contributed by atoms with van der Waals surface area (Å²) in [6.07, 6.45) is 3.68. The van der Waals surface area contributed by atoms with E-state index in [1.54, 1.807) is 0 Å². The predicted octanol–water partition coefficient (Wildman–Crippen LogP) is 9.45. The molecule has 0 radical (unpaired) electrons. The lowest BCUT2D eigenvalue weighted by molar-refractivity contribution is 1.33. The Balaban J connectivity index is 1.48. The zero-order valence-corrected chi connectivity index (χ0v) is 20.8. The Labute approximate surface area is 221 Å². The molecule has 7 rings (SSSR count). The maximum Gasteiger partial charge on any atom is 0.0721 e. The summed E-state index contributed by atoms with van der Waals surface area (Å²) in [5.74, 6) is 0. The maximum absolute atomic E-state index is 5.27.